The van der Waals surface area contributed by atoms with Gasteiger partial charge in [-0.05, 0) is 6.07 Å². The van der Waals surface area contributed by atoms with Gasteiger partial charge in [0.2, 0.25) is 0 Å². The second kappa shape index (κ2) is 3.70. The largest absolute Gasteiger partial charge is 0.372 e. The molecule has 0 atom stereocenters. The predicted octanol–water partition coefficient (Wildman–Crippen LogP) is -0.501. The van der Waals surface area contributed by atoms with Gasteiger partial charge in [0, 0.05) is 14.1 Å². The average molecular weight is 180 g/mol. The lowest BCUT2D eigenvalue weighted by Crippen LogP contribution is -2.19. The van der Waals surface area contributed by atoms with Crippen LogP contribution in [-0.2, 0) is 0 Å². The van der Waals surface area contributed by atoms with Crippen molar-refractivity contribution in [3.63, 3.8) is 0 Å². The summed E-state index contributed by atoms with van der Waals surface area (Å²) in [7, 11) is 3.31. The summed E-state index contributed by atoms with van der Waals surface area (Å²) in [5.41, 5.74) is 1.06. The van der Waals surface area contributed by atoms with Gasteiger partial charge in [0.1, 0.15) is 23.1 Å². The van der Waals surface area contributed by atoms with Gasteiger partial charge < -0.3 is 10.6 Å². The van der Waals surface area contributed by atoms with E-state index in [1.54, 1.807) is 20.2 Å². The standard InChI is InChI=1S/C7H12N6/c1-10-6(8)4-3-5(13-12-4)7(9)11-2/h3H,1-2H3,(H2,8,10)(H2,9,11)(H,12,13). The summed E-state index contributed by atoms with van der Waals surface area (Å²) in [6.45, 7) is 0. The summed E-state index contributed by atoms with van der Waals surface area (Å²) < 4.78 is 0. The number of aromatic nitrogens is 2. The molecule has 0 bridgehead atoms. The molecule has 0 aromatic carbocycles. The van der Waals surface area contributed by atoms with Crippen LogP contribution in [0, 0.1) is 10.8 Å². The highest BCUT2D eigenvalue weighted by molar-refractivity contribution is 5.99. The first-order valence-electron chi connectivity index (χ1n) is 3.77. The zero-order valence-electron chi connectivity index (χ0n) is 7.52. The van der Waals surface area contributed by atoms with E-state index in [1.165, 1.54) is 0 Å². The van der Waals surface area contributed by atoms with Crippen LogP contribution in [0.1, 0.15) is 11.4 Å². The van der Waals surface area contributed by atoms with E-state index in [-0.39, 0.29) is 11.7 Å². The molecule has 1 aromatic rings. The predicted molar refractivity (Wildman–Crippen MR) is 50.4 cm³/mol. The summed E-state index contributed by atoms with van der Waals surface area (Å²) >= 11 is 0. The van der Waals surface area contributed by atoms with Crippen LogP contribution in [0.15, 0.2) is 6.07 Å². The van der Waals surface area contributed by atoms with Crippen LogP contribution in [0.25, 0.3) is 0 Å². The maximum absolute atomic E-state index is 7.42. The monoisotopic (exact) mass is 180 g/mol. The van der Waals surface area contributed by atoms with Crippen molar-refractivity contribution >= 4 is 11.7 Å². The molecule has 0 unspecified atom stereocenters. The molecule has 0 saturated heterocycles. The minimum atomic E-state index is 0.228. The Kier molecular flexibility index (Phi) is 2.63. The molecule has 6 heteroatoms. The molecule has 0 aliphatic carbocycles. The number of amidine groups is 2. The van der Waals surface area contributed by atoms with Crippen LogP contribution in [0.4, 0.5) is 0 Å². The van der Waals surface area contributed by atoms with Gasteiger partial charge in [-0.15, -0.1) is 0 Å². The van der Waals surface area contributed by atoms with Gasteiger partial charge in [0.25, 0.3) is 0 Å². The molecule has 70 valence electrons. The van der Waals surface area contributed by atoms with E-state index in [0.29, 0.717) is 11.4 Å². The molecular weight excluding hydrogens is 168 g/mol. The number of hydrogen-bond acceptors (Lipinski definition) is 3. The zero-order valence-corrected chi connectivity index (χ0v) is 7.52. The van der Waals surface area contributed by atoms with Gasteiger partial charge in [-0.1, -0.05) is 0 Å². The number of rotatable bonds is 2. The molecule has 0 aliphatic rings. The van der Waals surface area contributed by atoms with Gasteiger partial charge in [0.05, 0.1) is 0 Å². The van der Waals surface area contributed by atoms with Crippen LogP contribution in [0.5, 0.6) is 0 Å². The number of H-pyrrole nitrogens is 1. The van der Waals surface area contributed by atoms with Crippen LogP contribution < -0.4 is 10.6 Å². The topological polar surface area (TPSA) is 100 Å². The third-order valence-electron chi connectivity index (χ3n) is 1.60. The molecule has 1 heterocycles. The van der Waals surface area contributed by atoms with Gasteiger partial charge in [-0.3, -0.25) is 15.9 Å². The molecule has 0 radical (unpaired) electrons. The second-order valence-electron chi connectivity index (χ2n) is 2.42. The summed E-state index contributed by atoms with van der Waals surface area (Å²) in [6.07, 6.45) is 0. The normalized spacial score (nSPS) is 9.38. The minimum Gasteiger partial charge on any atom is -0.372 e. The van der Waals surface area contributed by atoms with Crippen molar-refractivity contribution in [1.29, 1.82) is 10.8 Å². The Hall–Kier alpha value is -1.85. The van der Waals surface area contributed by atoms with E-state index in [9.17, 15) is 0 Å². The van der Waals surface area contributed by atoms with Crippen molar-refractivity contribution < 1.29 is 0 Å². The first-order chi connectivity index (χ1) is 6.19. The number of nitrogens with zero attached hydrogens (tertiary/aromatic N) is 1. The Morgan fingerprint density at radius 2 is 1.92 bits per heavy atom. The summed E-state index contributed by atoms with van der Waals surface area (Å²) in [5.74, 6) is 0.481. The molecule has 5 N–H and O–H groups in total. The van der Waals surface area contributed by atoms with Gasteiger partial charge in [0.15, 0.2) is 0 Å². The Bertz CT molecular complexity index is 295. The molecule has 6 nitrogen and oxygen atoms in total. The summed E-state index contributed by atoms with van der Waals surface area (Å²) in [5, 5.41) is 26.7. The van der Waals surface area contributed by atoms with E-state index < -0.39 is 0 Å². The molecule has 0 aliphatic heterocycles. The quantitative estimate of drug-likeness (QED) is 0.313. The molecule has 0 fully saturated rings. The van der Waals surface area contributed by atoms with Gasteiger partial charge in [-0.2, -0.15) is 5.10 Å². The second-order valence-corrected chi connectivity index (χ2v) is 2.42. The highest BCUT2D eigenvalue weighted by Crippen LogP contribution is 1.98. The Morgan fingerprint density at radius 3 is 2.46 bits per heavy atom. The van der Waals surface area contributed by atoms with Gasteiger partial charge in [-0.25, -0.2) is 0 Å². The third kappa shape index (κ3) is 1.84. The third-order valence-corrected chi connectivity index (χ3v) is 1.60. The number of hydrogen-bond donors (Lipinski definition) is 5. The highest BCUT2D eigenvalue weighted by Gasteiger charge is 2.07. The SMILES string of the molecule is CNC(=N)c1cc(C(=N)NC)[nH]n1. The minimum absolute atomic E-state index is 0.228. The first kappa shape index (κ1) is 9.24. The van der Waals surface area contributed by atoms with E-state index in [4.69, 9.17) is 10.8 Å². The molecule has 0 spiro atoms. The van der Waals surface area contributed by atoms with Crippen LogP contribution in [0.3, 0.4) is 0 Å². The van der Waals surface area contributed by atoms with Crippen LogP contribution >= 0.6 is 0 Å². The molecular formula is C7H12N6. The summed E-state index contributed by atoms with van der Waals surface area (Å²) in [6, 6.07) is 1.64. The average Bonchev–Trinajstić information content (AvgIpc) is 2.64. The lowest BCUT2D eigenvalue weighted by molar-refractivity contribution is 1.02. The van der Waals surface area contributed by atoms with E-state index in [2.05, 4.69) is 20.8 Å². The van der Waals surface area contributed by atoms with Crippen LogP contribution in [-0.4, -0.2) is 36.0 Å². The van der Waals surface area contributed by atoms with E-state index in [1.807, 2.05) is 0 Å². The molecule has 1 rings (SSSR count). The maximum Gasteiger partial charge on any atom is 0.146 e. The molecule has 13 heavy (non-hydrogen) atoms. The Balaban J connectivity index is 2.86. The maximum atomic E-state index is 7.42. The summed E-state index contributed by atoms with van der Waals surface area (Å²) in [4.78, 5) is 0. The van der Waals surface area contributed by atoms with E-state index in [0.717, 1.165) is 0 Å². The Morgan fingerprint density at radius 1 is 1.31 bits per heavy atom. The lowest BCUT2D eigenvalue weighted by Gasteiger charge is -1.96. The number of nitrogens with one attached hydrogen (secondary N) is 5. The molecule has 1 aromatic heterocycles. The van der Waals surface area contributed by atoms with Crippen molar-refractivity contribution in [1.82, 2.24) is 20.8 Å². The van der Waals surface area contributed by atoms with E-state index >= 15 is 0 Å². The lowest BCUT2D eigenvalue weighted by atomic mass is 10.3. The first-order valence-corrected chi connectivity index (χ1v) is 3.77. The molecule has 0 amide bonds. The fourth-order valence-electron chi connectivity index (χ4n) is 0.841. The van der Waals surface area contributed by atoms with Gasteiger partial charge >= 0.3 is 0 Å². The highest BCUT2D eigenvalue weighted by atomic mass is 15.2. The number of aromatic amines is 1. The van der Waals surface area contributed by atoms with Crippen molar-refractivity contribution in [3.05, 3.63) is 17.5 Å². The van der Waals surface area contributed by atoms with Crippen molar-refractivity contribution in [2.45, 2.75) is 0 Å². The smallest absolute Gasteiger partial charge is 0.146 e. The fraction of sp³-hybridized carbons (Fsp3) is 0.286. The van der Waals surface area contributed by atoms with Crippen LogP contribution in [0.2, 0.25) is 0 Å². The fourth-order valence-corrected chi connectivity index (χ4v) is 0.841. The molecule has 0 saturated carbocycles. The van der Waals surface area contributed by atoms with Crippen molar-refractivity contribution in [2.24, 2.45) is 0 Å². The van der Waals surface area contributed by atoms with Crippen molar-refractivity contribution in [2.75, 3.05) is 14.1 Å². The van der Waals surface area contributed by atoms with Crippen molar-refractivity contribution in [3.8, 4) is 0 Å². The Labute approximate surface area is 75.8 Å². The zero-order chi connectivity index (χ0) is 9.84.